The van der Waals surface area contributed by atoms with Gasteiger partial charge in [0.1, 0.15) is 17.2 Å². The third-order valence-electron chi connectivity index (χ3n) is 5.46. The van der Waals surface area contributed by atoms with Crippen molar-refractivity contribution in [3.63, 3.8) is 0 Å². The van der Waals surface area contributed by atoms with Crippen LogP contribution in [0.1, 0.15) is 62.7 Å². The minimum absolute atomic E-state index is 0.0628. The molecule has 1 aliphatic rings. The van der Waals surface area contributed by atoms with Crippen molar-refractivity contribution in [2.75, 3.05) is 19.7 Å². The summed E-state index contributed by atoms with van der Waals surface area (Å²) >= 11 is 1.66. The number of hydrogen-bond acceptors (Lipinski definition) is 6. The van der Waals surface area contributed by atoms with Crippen LogP contribution < -0.4 is 5.56 Å². The summed E-state index contributed by atoms with van der Waals surface area (Å²) in [5.74, 6) is 0.300. The quantitative estimate of drug-likeness (QED) is 0.472. The van der Waals surface area contributed by atoms with Gasteiger partial charge in [0.2, 0.25) is 0 Å². The average Bonchev–Trinajstić information content (AvgIpc) is 3.07. The highest BCUT2D eigenvalue weighted by Crippen LogP contribution is 2.33. The van der Waals surface area contributed by atoms with Gasteiger partial charge in [0.25, 0.3) is 5.56 Å². The zero-order valence-electron chi connectivity index (χ0n) is 17.3. The minimum atomic E-state index is -0.360. The highest BCUT2D eigenvalue weighted by Gasteiger charge is 2.23. The molecule has 2 aromatic rings. The van der Waals surface area contributed by atoms with Crippen LogP contribution >= 0.6 is 11.3 Å². The number of ether oxygens (including phenoxy) is 1. The van der Waals surface area contributed by atoms with Crippen LogP contribution in [0.4, 0.5) is 0 Å². The summed E-state index contributed by atoms with van der Waals surface area (Å²) in [6, 6.07) is 0. The lowest BCUT2D eigenvalue weighted by molar-refractivity contribution is -0.144. The van der Waals surface area contributed by atoms with Crippen molar-refractivity contribution in [3.8, 4) is 0 Å². The van der Waals surface area contributed by atoms with Gasteiger partial charge < -0.3 is 4.74 Å². The number of esters is 1. The fourth-order valence-electron chi connectivity index (χ4n) is 3.72. The Bertz CT molecular complexity index is 883. The van der Waals surface area contributed by atoms with Crippen LogP contribution in [0.5, 0.6) is 0 Å². The van der Waals surface area contributed by atoms with E-state index >= 15 is 0 Å². The Hall–Kier alpha value is -1.73. The zero-order valence-corrected chi connectivity index (χ0v) is 18.1. The summed E-state index contributed by atoms with van der Waals surface area (Å²) in [5, 5.41) is 0.726. The third kappa shape index (κ3) is 4.46. The number of thiophene rings is 1. The summed E-state index contributed by atoms with van der Waals surface area (Å²) in [4.78, 5) is 35.0. The van der Waals surface area contributed by atoms with Gasteiger partial charge in [-0.15, -0.1) is 11.3 Å². The highest BCUT2D eigenvalue weighted by atomic mass is 32.1. The molecule has 7 heteroatoms. The Morgan fingerprint density at radius 3 is 2.68 bits per heavy atom. The lowest BCUT2D eigenvalue weighted by atomic mass is 9.97. The predicted octanol–water partition coefficient (Wildman–Crippen LogP) is 3.52. The largest absolute Gasteiger partial charge is 0.464 e. The van der Waals surface area contributed by atoms with E-state index in [1.807, 2.05) is 0 Å². The van der Waals surface area contributed by atoms with E-state index in [2.05, 4.69) is 25.7 Å². The van der Waals surface area contributed by atoms with E-state index in [9.17, 15) is 9.59 Å². The van der Waals surface area contributed by atoms with Gasteiger partial charge in [0.15, 0.2) is 0 Å². The van der Waals surface area contributed by atoms with Crippen molar-refractivity contribution < 1.29 is 9.53 Å². The first kappa shape index (κ1) is 21.0. The van der Waals surface area contributed by atoms with Crippen molar-refractivity contribution in [2.24, 2.45) is 0 Å². The number of fused-ring (bicyclic) bond motifs is 3. The number of hydrogen-bond donors (Lipinski definition) is 0. The maximum absolute atomic E-state index is 13.4. The second-order valence-electron chi connectivity index (χ2n) is 7.35. The van der Waals surface area contributed by atoms with Crippen molar-refractivity contribution in [1.29, 1.82) is 0 Å². The smallest absolute Gasteiger partial charge is 0.326 e. The van der Waals surface area contributed by atoms with Crippen LogP contribution in [-0.2, 0) is 35.5 Å². The monoisotopic (exact) mass is 405 g/mol. The maximum atomic E-state index is 13.4. The molecule has 0 bridgehead atoms. The summed E-state index contributed by atoms with van der Waals surface area (Å²) in [7, 11) is 0. The molecule has 3 rings (SSSR count). The van der Waals surface area contributed by atoms with E-state index in [1.54, 1.807) is 15.9 Å². The molecule has 0 aliphatic heterocycles. The van der Waals surface area contributed by atoms with Crippen LogP contribution in [-0.4, -0.2) is 40.1 Å². The molecule has 0 amide bonds. The first-order valence-corrected chi connectivity index (χ1v) is 11.3. The van der Waals surface area contributed by atoms with E-state index in [0.29, 0.717) is 19.0 Å². The van der Waals surface area contributed by atoms with Crippen molar-refractivity contribution in [1.82, 2.24) is 14.5 Å². The van der Waals surface area contributed by atoms with Crippen molar-refractivity contribution in [3.05, 3.63) is 26.6 Å². The number of aromatic nitrogens is 2. The Morgan fingerprint density at radius 2 is 1.96 bits per heavy atom. The van der Waals surface area contributed by atoms with Crippen LogP contribution in [0.2, 0.25) is 0 Å². The number of carbonyl (C=O) groups is 1. The molecule has 0 saturated heterocycles. The number of unbranched alkanes of at least 4 members (excludes halogenated alkanes) is 1. The standard InChI is InChI=1S/C21H31N3O3S/c1-4-7-12-27-18(25)14-24-17(13-23(5-2)6-3)22-20-19(21(24)26)15-10-8-9-11-16(15)28-20/h4-14H2,1-3H3. The van der Waals surface area contributed by atoms with Crippen LogP contribution in [0.15, 0.2) is 4.79 Å². The molecule has 1 aliphatic carbocycles. The van der Waals surface area contributed by atoms with Gasteiger partial charge in [-0.05, 0) is 50.8 Å². The average molecular weight is 406 g/mol. The van der Waals surface area contributed by atoms with Crippen LogP contribution in [0.3, 0.4) is 0 Å². The second kappa shape index (κ2) is 9.65. The number of rotatable bonds is 9. The van der Waals surface area contributed by atoms with Gasteiger partial charge >= 0.3 is 5.97 Å². The minimum Gasteiger partial charge on any atom is -0.464 e. The van der Waals surface area contributed by atoms with Crippen LogP contribution in [0.25, 0.3) is 10.2 Å². The Balaban J connectivity index is 2.02. The highest BCUT2D eigenvalue weighted by molar-refractivity contribution is 7.18. The molecule has 0 atom stereocenters. The molecule has 0 N–H and O–H groups in total. The fourth-order valence-corrected chi connectivity index (χ4v) is 4.99. The van der Waals surface area contributed by atoms with Crippen LogP contribution in [0, 0.1) is 0 Å². The summed E-state index contributed by atoms with van der Waals surface area (Å²) < 4.78 is 6.87. The third-order valence-corrected chi connectivity index (χ3v) is 6.65. The van der Waals surface area contributed by atoms with E-state index in [-0.39, 0.29) is 18.1 Å². The molecule has 2 aromatic heterocycles. The van der Waals surface area contributed by atoms with Gasteiger partial charge in [-0.25, -0.2) is 4.98 Å². The molecule has 0 spiro atoms. The molecule has 0 aromatic carbocycles. The second-order valence-corrected chi connectivity index (χ2v) is 8.43. The van der Waals surface area contributed by atoms with Gasteiger partial charge in [-0.1, -0.05) is 27.2 Å². The Morgan fingerprint density at radius 1 is 1.21 bits per heavy atom. The number of nitrogens with zero attached hydrogens (tertiary/aromatic N) is 3. The van der Waals surface area contributed by atoms with Crippen molar-refractivity contribution in [2.45, 2.75) is 72.4 Å². The molecular formula is C21H31N3O3S. The van der Waals surface area contributed by atoms with E-state index in [0.717, 1.165) is 61.0 Å². The number of carbonyl (C=O) groups excluding carboxylic acids is 1. The Kier molecular flexibility index (Phi) is 7.24. The first-order chi connectivity index (χ1) is 13.6. The summed E-state index contributed by atoms with van der Waals surface area (Å²) in [6.45, 7) is 8.87. The summed E-state index contributed by atoms with van der Waals surface area (Å²) in [5.41, 5.74) is 1.07. The fraction of sp³-hybridized carbons (Fsp3) is 0.667. The Labute approximate surface area is 170 Å². The van der Waals surface area contributed by atoms with E-state index in [1.165, 1.54) is 11.3 Å². The first-order valence-electron chi connectivity index (χ1n) is 10.5. The lowest BCUT2D eigenvalue weighted by Gasteiger charge is -2.20. The zero-order chi connectivity index (χ0) is 20.1. The maximum Gasteiger partial charge on any atom is 0.326 e. The molecule has 0 fully saturated rings. The lowest BCUT2D eigenvalue weighted by Crippen LogP contribution is -2.33. The molecule has 2 heterocycles. The molecule has 28 heavy (non-hydrogen) atoms. The van der Waals surface area contributed by atoms with Gasteiger partial charge in [-0.2, -0.15) is 0 Å². The molecule has 0 radical (unpaired) electrons. The van der Waals surface area contributed by atoms with E-state index < -0.39 is 0 Å². The van der Waals surface area contributed by atoms with E-state index in [4.69, 9.17) is 9.72 Å². The van der Waals surface area contributed by atoms with Gasteiger partial charge in [0.05, 0.1) is 18.5 Å². The topological polar surface area (TPSA) is 64.4 Å². The predicted molar refractivity (Wildman–Crippen MR) is 113 cm³/mol. The normalized spacial score (nSPS) is 13.9. The molecular weight excluding hydrogens is 374 g/mol. The molecule has 0 unspecified atom stereocenters. The molecule has 0 saturated carbocycles. The van der Waals surface area contributed by atoms with Gasteiger partial charge in [-0.3, -0.25) is 19.1 Å². The summed E-state index contributed by atoms with van der Waals surface area (Å²) in [6.07, 6.45) is 6.04. The number of aryl methyl sites for hydroxylation is 2. The SMILES string of the molecule is CCCCOC(=O)Cn1c(CN(CC)CC)nc2sc3c(c2c1=O)CCCC3. The van der Waals surface area contributed by atoms with Crippen molar-refractivity contribution >= 4 is 27.5 Å². The molecule has 154 valence electrons. The molecule has 6 nitrogen and oxygen atoms in total. The van der Waals surface area contributed by atoms with Gasteiger partial charge in [0, 0.05) is 4.88 Å².